The molecular weight excluding hydrogens is 280 g/mol. The van der Waals surface area contributed by atoms with E-state index in [2.05, 4.69) is 10.6 Å². The first-order valence-electron chi connectivity index (χ1n) is 6.91. The minimum atomic E-state index is -0.244. The van der Waals surface area contributed by atoms with Crippen molar-refractivity contribution in [1.82, 2.24) is 19.8 Å². The largest absolute Gasteiger partial charge is 0.357 e. The summed E-state index contributed by atoms with van der Waals surface area (Å²) in [4.78, 5) is 24.7. The molecule has 0 radical (unpaired) electrons. The Balaban J connectivity index is 1.91. The van der Waals surface area contributed by atoms with Crippen molar-refractivity contribution in [1.29, 1.82) is 0 Å². The highest BCUT2D eigenvalue weighted by Gasteiger charge is 2.41. The molecule has 0 unspecified atom stereocenters. The van der Waals surface area contributed by atoms with Gasteiger partial charge in [0, 0.05) is 50.0 Å². The van der Waals surface area contributed by atoms with Gasteiger partial charge in [-0.15, -0.1) is 0 Å². The van der Waals surface area contributed by atoms with Gasteiger partial charge in [-0.3, -0.25) is 9.59 Å². The first-order chi connectivity index (χ1) is 10.5. The van der Waals surface area contributed by atoms with E-state index in [4.69, 9.17) is 0 Å². The zero-order valence-electron chi connectivity index (χ0n) is 12.2. The smallest absolute Gasteiger partial charge is 0.258 e. The van der Waals surface area contributed by atoms with Crippen LogP contribution < -0.4 is 10.6 Å². The summed E-state index contributed by atoms with van der Waals surface area (Å²) >= 11 is 0. The second kappa shape index (κ2) is 4.24. The third kappa shape index (κ3) is 1.67. The molecule has 2 aromatic heterocycles. The first-order valence-corrected chi connectivity index (χ1v) is 6.91. The third-order valence-corrected chi connectivity index (χ3v) is 3.92. The van der Waals surface area contributed by atoms with Crippen molar-refractivity contribution < 1.29 is 9.59 Å². The van der Waals surface area contributed by atoms with Crippen LogP contribution in [0.5, 0.6) is 0 Å². The molecule has 0 spiro atoms. The summed E-state index contributed by atoms with van der Waals surface area (Å²) in [5, 5.41) is 5.65. The van der Waals surface area contributed by atoms with Crippen LogP contribution in [-0.2, 0) is 23.7 Å². The lowest BCUT2D eigenvalue weighted by molar-refractivity contribution is -0.117. The lowest BCUT2D eigenvalue weighted by Crippen LogP contribution is -2.21. The fourth-order valence-electron chi connectivity index (χ4n) is 2.92. The summed E-state index contributed by atoms with van der Waals surface area (Å²) in [5.41, 5.74) is 3.65. The van der Waals surface area contributed by atoms with Crippen molar-refractivity contribution in [2.24, 2.45) is 14.1 Å². The topological polar surface area (TPSA) is 68.1 Å². The van der Waals surface area contributed by atoms with Crippen LogP contribution in [0.3, 0.4) is 0 Å². The van der Waals surface area contributed by atoms with Crippen molar-refractivity contribution in [2.45, 2.75) is 0 Å². The molecule has 6 nitrogen and oxygen atoms in total. The van der Waals surface area contributed by atoms with Gasteiger partial charge in [-0.2, -0.15) is 0 Å². The zero-order valence-corrected chi connectivity index (χ0v) is 12.2. The maximum atomic E-state index is 12.4. The van der Waals surface area contributed by atoms with Gasteiger partial charge in [-0.1, -0.05) is 0 Å². The second-order valence-electron chi connectivity index (χ2n) is 5.54. The number of aromatic nitrogens is 2. The van der Waals surface area contributed by atoms with E-state index in [1.807, 2.05) is 60.1 Å². The van der Waals surface area contributed by atoms with Gasteiger partial charge in [0.15, 0.2) is 0 Å². The highest BCUT2D eigenvalue weighted by molar-refractivity contribution is 6.30. The van der Waals surface area contributed by atoms with Gasteiger partial charge in [-0.25, -0.2) is 0 Å². The maximum absolute atomic E-state index is 12.4. The molecule has 0 aliphatic carbocycles. The molecule has 0 atom stereocenters. The molecule has 2 N–H and O–H groups in total. The number of rotatable bonds is 2. The van der Waals surface area contributed by atoms with Crippen LogP contribution in [0.1, 0.15) is 11.1 Å². The molecule has 22 heavy (non-hydrogen) atoms. The molecule has 4 rings (SSSR count). The molecule has 6 heteroatoms. The van der Waals surface area contributed by atoms with Crippen LogP contribution in [0.2, 0.25) is 0 Å². The predicted molar refractivity (Wildman–Crippen MR) is 81.0 cm³/mol. The molecule has 0 fully saturated rings. The molecular formula is C16H14N4O2. The number of nitrogens with zero attached hydrogens (tertiary/aromatic N) is 2. The Labute approximate surface area is 126 Å². The summed E-state index contributed by atoms with van der Waals surface area (Å²) in [7, 11) is 3.79. The summed E-state index contributed by atoms with van der Waals surface area (Å²) < 4.78 is 3.75. The van der Waals surface area contributed by atoms with E-state index < -0.39 is 0 Å². The van der Waals surface area contributed by atoms with Crippen molar-refractivity contribution >= 4 is 23.2 Å². The molecule has 2 amide bonds. The van der Waals surface area contributed by atoms with Crippen molar-refractivity contribution in [3.05, 3.63) is 59.2 Å². The quantitative estimate of drug-likeness (QED) is 0.858. The Morgan fingerprint density at radius 1 is 0.773 bits per heavy atom. The Morgan fingerprint density at radius 3 is 1.50 bits per heavy atom. The molecule has 2 aliphatic heterocycles. The number of fused-ring (bicyclic) bond motifs is 1. The Bertz CT molecular complexity index is 821. The number of aryl methyl sites for hydroxylation is 2. The molecule has 110 valence electrons. The third-order valence-electron chi connectivity index (χ3n) is 3.92. The van der Waals surface area contributed by atoms with Gasteiger partial charge < -0.3 is 19.8 Å². The second-order valence-corrected chi connectivity index (χ2v) is 5.54. The average Bonchev–Trinajstić information content (AvgIpc) is 3.19. The minimum Gasteiger partial charge on any atom is -0.357 e. The van der Waals surface area contributed by atoms with Crippen LogP contribution in [0.4, 0.5) is 0 Å². The van der Waals surface area contributed by atoms with Crippen molar-refractivity contribution in [2.75, 3.05) is 0 Å². The molecule has 2 aromatic rings. The van der Waals surface area contributed by atoms with Gasteiger partial charge in [0.05, 0.1) is 22.5 Å². The number of carbonyl (C=O) groups excluding carboxylic acids is 2. The number of hydrogen-bond donors (Lipinski definition) is 2. The lowest BCUT2D eigenvalue weighted by Gasteiger charge is -2.04. The van der Waals surface area contributed by atoms with Crippen LogP contribution in [-0.4, -0.2) is 20.9 Å². The monoisotopic (exact) mass is 294 g/mol. The van der Waals surface area contributed by atoms with Gasteiger partial charge in [0.2, 0.25) is 0 Å². The van der Waals surface area contributed by atoms with E-state index in [0.29, 0.717) is 22.5 Å². The fourth-order valence-corrected chi connectivity index (χ4v) is 2.92. The highest BCUT2D eigenvalue weighted by Crippen LogP contribution is 2.37. The lowest BCUT2D eigenvalue weighted by atomic mass is 10.0. The minimum absolute atomic E-state index is 0.244. The molecule has 0 aromatic carbocycles. The van der Waals surface area contributed by atoms with E-state index in [1.54, 1.807) is 0 Å². The van der Waals surface area contributed by atoms with Crippen molar-refractivity contribution in [3.63, 3.8) is 0 Å². The zero-order chi connectivity index (χ0) is 15.4. The number of carbonyl (C=O) groups is 2. The Morgan fingerprint density at radius 2 is 1.18 bits per heavy atom. The summed E-state index contributed by atoms with van der Waals surface area (Å²) in [6, 6.07) is 3.75. The molecule has 4 heterocycles. The normalized spacial score (nSPS) is 17.2. The van der Waals surface area contributed by atoms with Crippen LogP contribution in [0, 0.1) is 0 Å². The molecule has 0 bridgehead atoms. The highest BCUT2D eigenvalue weighted by atomic mass is 16.2. The van der Waals surface area contributed by atoms with Crippen LogP contribution in [0.25, 0.3) is 11.4 Å². The number of nitrogens with one attached hydrogen (secondary N) is 2. The van der Waals surface area contributed by atoms with Gasteiger partial charge in [0.25, 0.3) is 11.8 Å². The fraction of sp³-hybridized carbons (Fsp3) is 0.125. The maximum Gasteiger partial charge on any atom is 0.258 e. The summed E-state index contributed by atoms with van der Waals surface area (Å²) in [5.74, 6) is -0.489. The number of hydrogen-bond acceptors (Lipinski definition) is 2. The van der Waals surface area contributed by atoms with E-state index in [9.17, 15) is 9.59 Å². The molecule has 0 saturated carbocycles. The van der Waals surface area contributed by atoms with E-state index >= 15 is 0 Å². The Hall–Kier alpha value is -3.02. The molecule has 0 saturated heterocycles. The van der Waals surface area contributed by atoms with E-state index in [0.717, 1.165) is 11.1 Å². The van der Waals surface area contributed by atoms with Crippen molar-refractivity contribution in [3.8, 4) is 0 Å². The molecule has 2 aliphatic rings. The van der Waals surface area contributed by atoms with Crippen LogP contribution in [0.15, 0.2) is 48.1 Å². The van der Waals surface area contributed by atoms with Gasteiger partial charge in [-0.05, 0) is 12.1 Å². The van der Waals surface area contributed by atoms with E-state index in [-0.39, 0.29) is 11.8 Å². The summed E-state index contributed by atoms with van der Waals surface area (Å²) in [6.45, 7) is 0. The van der Waals surface area contributed by atoms with E-state index in [1.165, 1.54) is 0 Å². The SMILES string of the molecule is Cn1ccc(C2=C3C(=O)NC(c4ccn(C)c4)=C3C(=O)N2)c1. The predicted octanol–water partition coefficient (Wildman–Crippen LogP) is 0.746. The van der Waals surface area contributed by atoms with Crippen LogP contribution >= 0.6 is 0 Å². The van der Waals surface area contributed by atoms with Gasteiger partial charge in [0.1, 0.15) is 0 Å². The average molecular weight is 294 g/mol. The summed E-state index contributed by atoms with van der Waals surface area (Å²) in [6.07, 6.45) is 7.50. The standard InChI is InChI=1S/C16H14N4O2/c1-19-5-3-9(7-19)13-11-12(16(22)17-13)14(18-15(11)21)10-4-6-20(2)8-10/h3-8H,1-2H3,(H,17,22)(H,18,21). The van der Waals surface area contributed by atoms with Gasteiger partial charge >= 0.3 is 0 Å². The number of amides is 2. The Kier molecular flexibility index (Phi) is 2.45. The first kappa shape index (κ1) is 12.7.